The smallest absolute Gasteiger partial charge is 0.251 e. The normalized spacial score (nSPS) is 12.2. The molecule has 0 aliphatic heterocycles. The summed E-state index contributed by atoms with van der Waals surface area (Å²) in [5, 5.41) is 2.72. The third kappa shape index (κ3) is 3.50. The van der Waals surface area contributed by atoms with Gasteiger partial charge in [-0.3, -0.25) is 4.79 Å². The second kappa shape index (κ2) is 5.86. The molecular formula is C11H14FNO2S. The molecule has 1 unspecified atom stereocenters. The maximum Gasteiger partial charge on any atom is 0.251 e. The third-order valence-corrected chi connectivity index (χ3v) is 2.35. The number of halogens is 1. The number of carbonyl (C=O) groups excluding carboxylic acids is 1. The van der Waals surface area contributed by atoms with E-state index in [9.17, 15) is 9.18 Å². The van der Waals surface area contributed by atoms with E-state index in [1.807, 2.05) is 6.92 Å². The molecule has 0 aromatic heterocycles. The van der Waals surface area contributed by atoms with Gasteiger partial charge in [-0.15, -0.1) is 12.6 Å². The summed E-state index contributed by atoms with van der Waals surface area (Å²) >= 11 is 3.91. The first-order valence-corrected chi connectivity index (χ1v) is 5.27. The van der Waals surface area contributed by atoms with Crippen LogP contribution in [0.5, 0.6) is 0 Å². The Morgan fingerprint density at radius 2 is 2.31 bits per heavy atom. The van der Waals surface area contributed by atoms with Gasteiger partial charge in [0.05, 0.1) is 6.61 Å². The zero-order chi connectivity index (χ0) is 12.1. The van der Waals surface area contributed by atoms with Crippen LogP contribution in [-0.2, 0) is 4.74 Å². The zero-order valence-corrected chi connectivity index (χ0v) is 10.1. The summed E-state index contributed by atoms with van der Waals surface area (Å²) in [5.41, 5.74) is 0.384. The van der Waals surface area contributed by atoms with Gasteiger partial charge in [-0.1, -0.05) is 0 Å². The molecule has 1 amide bonds. The van der Waals surface area contributed by atoms with Crippen molar-refractivity contribution >= 4 is 18.5 Å². The van der Waals surface area contributed by atoms with Crippen LogP contribution in [-0.4, -0.2) is 25.7 Å². The number of ether oxygens (including phenoxy) is 1. The summed E-state index contributed by atoms with van der Waals surface area (Å²) < 4.78 is 17.8. The summed E-state index contributed by atoms with van der Waals surface area (Å²) in [5.74, 6) is -0.704. The molecule has 1 aromatic rings. The lowest BCUT2D eigenvalue weighted by atomic mass is 10.2. The Balaban J connectivity index is 2.69. The maximum atomic E-state index is 12.9. The average molecular weight is 243 g/mol. The highest BCUT2D eigenvalue weighted by Crippen LogP contribution is 2.14. The van der Waals surface area contributed by atoms with E-state index >= 15 is 0 Å². The average Bonchev–Trinajstić information content (AvgIpc) is 2.22. The fourth-order valence-electron chi connectivity index (χ4n) is 1.25. The number of hydrogen-bond acceptors (Lipinski definition) is 3. The van der Waals surface area contributed by atoms with Gasteiger partial charge in [-0.25, -0.2) is 4.39 Å². The zero-order valence-electron chi connectivity index (χ0n) is 9.16. The standard InChI is InChI=1S/C11H14FNO2S/c1-7(6-15-2)13-11(14)8-3-4-9(12)10(16)5-8/h3-5,7,16H,6H2,1-2H3,(H,13,14). The van der Waals surface area contributed by atoms with Crippen molar-refractivity contribution in [2.75, 3.05) is 13.7 Å². The number of rotatable bonds is 4. The molecule has 1 rings (SSSR count). The second-order valence-corrected chi connectivity index (χ2v) is 3.98. The molecule has 1 atom stereocenters. The molecule has 0 fully saturated rings. The van der Waals surface area contributed by atoms with E-state index in [0.29, 0.717) is 12.2 Å². The lowest BCUT2D eigenvalue weighted by Gasteiger charge is -2.12. The predicted octanol–water partition coefficient (Wildman–Crippen LogP) is 1.88. The number of hydrogen-bond donors (Lipinski definition) is 2. The van der Waals surface area contributed by atoms with Gasteiger partial charge in [0, 0.05) is 23.6 Å². The maximum absolute atomic E-state index is 12.9. The van der Waals surface area contributed by atoms with Crippen LogP contribution in [0.15, 0.2) is 23.1 Å². The first kappa shape index (κ1) is 13.0. The highest BCUT2D eigenvalue weighted by Gasteiger charge is 2.10. The van der Waals surface area contributed by atoms with Crippen molar-refractivity contribution in [2.45, 2.75) is 17.9 Å². The van der Waals surface area contributed by atoms with Gasteiger partial charge in [-0.05, 0) is 25.1 Å². The van der Waals surface area contributed by atoms with E-state index in [1.165, 1.54) is 18.2 Å². The van der Waals surface area contributed by atoms with Crippen LogP contribution in [0.3, 0.4) is 0 Å². The summed E-state index contributed by atoms with van der Waals surface area (Å²) in [7, 11) is 1.56. The Bertz CT molecular complexity index is 384. The van der Waals surface area contributed by atoms with Gasteiger partial charge in [0.25, 0.3) is 5.91 Å². The van der Waals surface area contributed by atoms with Crippen LogP contribution in [0, 0.1) is 5.82 Å². The van der Waals surface area contributed by atoms with Crippen molar-refractivity contribution in [3.05, 3.63) is 29.6 Å². The van der Waals surface area contributed by atoms with Gasteiger partial charge in [-0.2, -0.15) is 0 Å². The molecule has 5 heteroatoms. The van der Waals surface area contributed by atoms with Gasteiger partial charge < -0.3 is 10.1 Å². The highest BCUT2D eigenvalue weighted by atomic mass is 32.1. The summed E-state index contributed by atoms with van der Waals surface area (Å²) in [6.45, 7) is 2.26. The van der Waals surface area contributed by atoms with Crippen molar-refractivity contribution in [1.82, 2.24) is 5.32 Å². The number of nitrogens with one attached hydrogen (secondary N) is 1. The molecular weight excluding hydrogens is 229 g/mol. The number of amides is 1. The van der Waals surface area contributed by atoms with Crippen molar-refractivity contribution in [2.24, 2.45) is 0 Å². The molecule has 1 aromatic carbocycles. The summed E-state index contributed by atoms with van der Waals surface area (Å²) in [4.78, 5) is 11.8. The topological polar surface area (TPSA) is 38.3 Å². The van der Waals surface area contributed by atoms with Crippen LogP contribution in [0.4, 0.5) is 4.39 Å². The first-order valence-electron chi connectivity index (χ1n) is 4.83. The molecule has 88 valence electrons. The van der Waals surface area contributed by atoms with Crippen LogP contribution < -0.4 is 5.32 Å². The van der Waals surface area contributed by atoms with Gasteiger partial charge in [0.2, 0.25) is 0 Å². The number of benzene rings is 1. The molecule has 1 N–H and O–H groups in total. The molecule has 0 spiro atoms. The van der Waals surface area contributed by atoms with Crippen LogP contribution in [0.25, 0.3) is 0 Å². The molecule has 3 nitrogen and oxygen atoms in total. The lowest BCUT2D eigenvalue weighted by molar-refractivity contribution is 0.0905. The summed E-state index contributed by atoms with van der Waals surface area (Å²) in [6, 6.07) is 3.95. The lowest BCUT2D eigenvalue weighted by Crippen LogP contribution is -2.35. The van der Waals surface area contributed by atoms with E-state index in [1.54, 1.807) is 7.11 Å². The van der Waals surface area contributed by atoms with E-state index in [0.717, 1.165) is 0 Å². The Morgan fingerprint density at radius 1 is 1.62 bits per heavy atom. The number of carbonyl (C=O) groups is 1. The number of methoxy groups -OCH3 is 1. The van der Waals surface area contributed by atoms with Crippen molar-refractivity contribution in [3.8, 4) is 0 Å². The molecule has 0 bridgehead atoms. The molecule has 0 radical (unpaired) electrons. The fourth-order valence-corrected chi connectivity index (χ4v) is 1.47. The van der Waals surface area contributed by atoms with Gasteiger partial charge >= 0.3 is 0 Å². The molecule has 16 heavy (non-hydrogen) atoms. The first-order chi connectivity index (χ1) is 7.54. The van der Waals surface area contributed by atoms with E-state index in [4.69, 9.17) is 4.74 Å². The SMILES string of the molecule is COCC(C)NC(=O)c1ccc(F)c(S)c1. The summed E-state index contributed by atoms with van der Waals surface area (Å²) in [6.07, 6.45) is 0. The minimum Gasteiger partial charge on any atom is -0.383 e. The Kier molecular flexibility index (Phi) is 4.76. The molecule has 0 aliphatic carbocycles. The molecule has 0 heterocycles. The van der Waals surface area contributed by atoms with E-state index < -0.39 is 5.82 Å². The third-order valence-electron chi connectivity index (χ3n) is 2.00. The monoisotopic (exact) mass is 243 g/mol. The number of thiol groups is 1. The van der Waals surface area contributed by atoms with Crippen LogP contribution >= 0.6 is 12.6 Å². The minimum atomic E-state index is -0.440. The Hall–Kier alpha value is -1.07. The van der Waals surface area contributed by atoms with Crippen LogP contribution in [0.1, 0.15) is 17.3 Å². The fraction of sp³-hybridized carbons (Fsp3) is 0.364. The largest absolute Gasteiger partial charge is 0.383 e. The van der Waals surface area contributed by atoms with Gasteiger partial charge in [0.15, 0.2) is 0 Å². The van der Waals surface area contributed by atoms with Crippen molar-refractivity contribution < 1.29 is 13.9 Å². The van der Waals surface area contributed by atoms with Crippen molar-refractivity contribution in [3.63, 3.8) is 0 Å². The Labute approximate surface area is 99.4 Å². The Morgan fingerprint density at radius 3 is 2.88 bits per heavy atom. The van der Waals surface area contributed by atoms with E-state index in [-0.39, 0.29) is 16.8 Å². The molecule has 0 saturated heterocycles. The van der Waals surface area contributed by atoms with Crippen molar-refractivity contribution in [1.29, 1.82) is 0 Å². The van der Waals surface area contributed by atoms with Crippen LogP contribution in [0.2, 0.25) is 0 Å². The quantitative estimate of drug-likeness (QED) is 0.792. The van der Waals surface area contributed by atoms with E-state index in [2.05, 4.69) is 17.9 Å². The predicted molar refractivity (Wildman–Crippen MR) is 62.5 cm³/mol. The minimum absolute atomic E-state index is 0.0917. The molecule has 0 saturated carbocycles. The molecule has 0 aliphatic rings. The second-order valence-electron chi connectivity index (χ2n) is 3.50. The highest BCUT2D eigenvalue weighted by molar-refractivity contribution is 7.80. The van der Waals surface area contributed by atoms with Gasteiger partial charge in [0.1, 0.15) is 5.82 Å².